The maximum Gasteiger partial charge on any atom is 0.247 e. The van der Waals surface area contributed by atoms with E-state index in [9.17, 15) is 8.42 Å². The van der Waals surface area contributed by atoms with Gasteiger partial charge in [-0.25, -0.2) is 13.6 Å². The molecule has 0 bridgehead atoms. The molecule has 10 heteroatoms. The van der Waals surface area contributed by atoms with Gasteiger partial charge in [0.1, 0.15) is 4.21 Å². The highest BCUT2D eigenvalue weighted by atomic mass is 127. The second-order valence-electron chi connectivity index (χ2n) is 6.70. The summed E-state index contributed by atoms with van der Waals surface area (Å²) in [6.45, 7) is 4.96. The fourth-order valence-electron chi connectivity index (χ4n) is 3.34. The number of ether oxygens (including phenoxy) is 1. The van der Waals surface area contributed by atoms with Crippen molar-refractivity contribution in [2.24, 2.45) is 15.5 Å². The van der Waals surface area contributed by atoms with Gasteiger partial charge in [-0.1, -0.05) is 12.8 Å². The summed E-state index contributed by atoms with van der Waals surface area (Å²) >= 11 is 1.17. The summed E-state index contributed by atoms with van der Waals surface area (Å²) in [5, 5.41) is 11.8. The van der Waals surface area contributed by atoms with Crippen LogP contribution in [0.3, 0.4) is 0 Å². The van der Waals surface area contributed by atoms with E-state index in [-0.39, 0.29) is 33.6 Å². The van der Waals surface area contributed by atoms with Crippen LogP contribution < -0.4 is 15.8 Å². The summed E-state index contributed by atoms with van der Waals surface area (Å²) < 4.78 is 28.4. The molecule has 2 rings (SSSR count). The fraction of sp³-hybridized carbons (Fsp3) is 0.706. The first-order chi connectivity index (χ1) is 12.4. The predicted octanol–water partition coefficient (Wildman–Crippen LogP) is 2.67. The number of rotatable bonds is 9. The molecule has 0 aliphatic heterocycles. The third-order valence-corrected chi connectivity index (χ3v) is 7.37. The molecule has 1 fully saturated rings. The van der Waals surface area contributed by atoms with Gasteiger partial charge < -0.3 is 15.4 Å². The van der Waals surface area contributed by atoms with Crippen LogP contribution in [0.4, 0.5) is 0 Å². The molecule has 1 aliphatic rings. The van der Waals surface area contributed by atoms with Gasteiger partial charge in [0, 0.05) is 31.7 Å². The lowest BCUT2D eigenvalue weighted by Crippen LogP contribution is -2.43. The van der Waals surface area contributed by atoms with Crippen LogP contribution in [0.1, 0.15) is 43.9 Å². The third kappa shape index (κ3) is 7.84. The van der Waals surface area contributed by atoms with Crippen molar-refractivity contribution < 1.29 is 13.2 Å². The molecule has 4 N–H and O–H groups in total. The zero-order chi connectivity index (χ0) is 19.0. The Labute approximate surface area is 183 Å². The number of nitrogens with zero attached hydrogens (tertiary/aromatic N) is 1. The van der Waals surface area contributed by atoms with Crippen molar-refractivity contribution in [1.82, 2.24) is 10.6 Å². The van der Waals surface area contributed by atoms with Crippen molar-refractivity contribution in [1.29, 1.82) is 0 Å². The molecule has 0 aromatic carbocycles. The van der Waals surface area contributed by atoms with Crippen LogP contribution in [0.15, 0.2) is 21.3 Å². The molecule has 1 aromatic rings. The summed E-state index contributed by atoms with van der Waals surface area (Å²) in [6, 6.07) is 3.31. The van der Waals surface area contributed by atoms with E-state index in [0.29, 0.717) is 6.54 Å². The van der Waals surface area contributed by atoms with Gasteiger partial charge in [-0.3, -0.25) is 4.99 Å². The Kier molecular flexibility index (Phi) is 10.5. The molecule has 7 nitrogen and oxygen atoms in total. The van der Waals surface area contributed by atoms with Crippen LogP contribution in [0.5, 0.6) is 0 Å². The minimum Gasteiger partial charge on any atom is -0.382 e. The SMILES string of the molecule is CCOCCC1(CNC(=NC)NCc2ccc(S(N)(=O)=O)s2)CCCC1.I. The van der Waals surface area contributed by atoms with Crippen LogP contribution in [0.25, 0.3) is 0 Å². The minimum atomic E-state index is -3.63. The molecule has 0 amide bonds. The number of nitrogens with one attached hydrogen (secondary N) is 2. The Hall–Kier alpha value is -0.430. The monoisotopic (exact) mass is 530 g/mol. The van der Waals surface area contributed by atoms with Gasteiger partial charge in [-0.2, -0.15) is 0 Å². The smallest absolute Gasteiger partial charge is 0.247 e. The lowest BCUT2D eigenvalue weighted by atomic mass is 9.83. The van der Waals surface area contributed by atoms with Crippen LogP contribution in [0.2, 0.25) is 0 Å². The van der Waals surface area contributed by atoms with Crippen LogP contribution in [-0.2, 0) is 21.3 Å². The Morgan fingerprint density at radius 1 is 1.33 bits per heavy atom. The second-order valence-corrected chi connectivity index (χ2v) is 9.66. The predicted molar refractivity (Wildman–Crippen MR) is 121 cm³/mol. The molecular formula is C17H31IN4O3S2. The van der Waals surface area contributed by atoms with Gasteiger partial charge in [-0.15, -0.1) is 35.3 Å². The zero-order valence-electron chi connectivity index (χ0n) is 16.0. The van der Waals surface area contributed by atoms with E-state index in [0.717, 1.165) is 37.0 Å². The number of guanidine groups is 1. The minimum absolute atomic E-state index is 0. The Morgan fingerprint density at radius 3 is 2.59 bits per heavy atom. The standard InChI is InChI=1S/C17H30N4O3S2.HI/c1-3-24-11-10-17(8-4-5-9-17)13-21-16(19-2)20-12-14-6-7-15(25-14)26(18,22)23;/h6-7H,3-5,8-13H2,1-2H3,(H2,18,22,23)(H2,19,20,21);1H. The van der Waals surface area contributed by atoms with E-state index in [2.05, 4.69) is 15.6 Å². The average Bonchev–Trinajstić information content (AvgIpc) is 3.25. The van der Waals surface area contributed by atoms with Crippen LogP contribution in [0, 0.1) is 5.41 Å². The van der Waals surface area contributed by atoms with E-state index in [1.165, 1.54) is 43.1 Å². The second kappa shape index (κ2) is 11.5. The Morgan fingerprint density at radius 2 is 2.04 bits per heavy atom. The van der Waals surface area contributed by atoms with E-state index >= 15 is 0 Å². The first kappa shape index (κ1) is 24.6. The van der Waals surface area contributed by atoms with Gasteiger partial charge in [0.25, 0.3) is 0 Å². The number of hydrogen-bond acceptors (Lipinski definition) is 5. The Balaban J connectivity index is 0.00000364. The van der Waals surface area contributed by atoms with Crippen molar-refractivity contribution in [3.63, 3.8) is 0 Å². The molecule has 0 atom stereocenters. The van der Waals surface area contributed by atoms with Gasteiger partial charge in [0.15, 0.2) is 5.96 Å². The molecule has 0 radical (unpaired) electrons. The number of thiophene rings is 1. The maximum atomic E-state index is 11.4. The van der Waals surface area contributed by atoms with Crippen LogP contribution in [-0.4, -0.2) is 41.2 Å². The summed E-state index contributed by atoms with van der Waals surface area (Å²) in [6.07, 6.45) is 6.03. The van der Waals surface area contributed by atoms with Crippen LogP contribution >= 0.6 is 35.3 Å². The number of sulfonamides is 1. The number of aliphatic imine (C=N–C) groups is 1. The molecule has 0 spiro atoms. The maximum absolute atomic E-state index is 11.4. The van der Waals surface area contributed by atoms with Crippen molar-refractivity contribution in [3.8, 4) is 0 Å². The normalized spacial score (nSPS) is 16.8. The summed E-state index contributed by atoms with van der Waals surface area (Å²) in [4.78, 5) is 5.16. The van der Waals surface area contributed by atoms with Gasteiger partial charge in [0.2, 0.25) is 10.0 Å². The van der Waals surface area contributed by atoms with Gasteiger partial charge >= 0.3 is 0 Å². The number of primary sulfonamides is 1. The topological polar surface area (TPSA) is 106 Å². The Bertz CT molecular complexity index is 701. The first-order valence-electron chi connectivity index (χ1n) is 9.02. The first-order valence-corrected chi connectivity index (χ1v) is 11.4. The van der Waals surface area contributed by atoms with E-state index in [1.54, 1.807) is 13.1 Å². The third-order valence-electron chi connectivity index (χ3n) is 4.85. The van der Waals surface area contributed by atoms with Crippen molar-refractivity contribution in [3.05, 3.63) is 17.0 Å². The average molecular weight is 530 g/mol. The van der Waals surface area contributed by atoms with Gasteiger partial charge in [-0.05, 0) is 43.7 Å². The van der Waals surface area contributed by atoms with E-state index < -0.39 is 10.0 Å². The van der Waals surface area contributed by atoms with Crippen molar-refractivity contribution in [2.45, 2.75) is 49.8 Å². The highest BCUT2D eigenvalue weighted by molar-refractivity contribution is 14.0. The van der Waals surface area contributed by atoms with E-state index in [4.69, 9.17) is 9.88 Å². The lowest BCUT2D eigenvalue weighted by Gasteiger charge is -2.30. The fourth-order valence-corrected chi connectivity index (χ4v) is 5.06. The number of nitrogens with two attached hydrogens (primary N) is 1. The largest absolute Gasteiger partial charge is 0.382 e. The van der Waals surface area contributed by atoms with Crippen molar-refractivity contribution in [2.75, 3.05) is 26.8 Å². The molecule has 0 saturated heterocycles. The van der Waals surface area contributed by atoms with E-state index in [1.807, 2.05) is 6.92 Å². The molecule has 1 saturated carbocycles. The quantitative estimate of drug-likeness (QED) is 0.197. The molecule has 0 unspecified atom stereocenters. The molecule has 156 valence electrons. The highest BCUT2D eigenvalue weighted by Gasteiger charge is 2.33. The summed E-state index contributed by atoms with van der Waals surface area (Å²) in [5.41, 5.74) is 0.274. The van der Waals surface area contributed by atoms with Crippen molar-refractivity contribution >= 4 is 51.3 Å². The van der Waals surface area contributed by atoms with Gasteiger partial charge in [0.05, 0.1) is 6.54 Å². The molecule has 1 aliphatic carbocycles. The highest BCUT2D eigenvalue weighted by Crippen LogP contribution is 2.40. The molecule has 27 heavy (non-hydrogen) atoms. The summed E-state index contributed by atoms with van der Waals surface area (Å²) in [5.74, 6) is 0.721. The lowest BCUT2D eigenvalue weighted by molar-refractivity contribution is 0.105. The molecule has 1 heterocycles. The summed E-state index contributed by atoms with van der Waals surface area (Å²) in [7, 11) is -1.90. The molecule has 1 aromatic heterocycles. The number of halogens is 1. The number of hydrogen-bond donors (Lipinski definition) is 3. The molecular weight excluding hydrogens is 499 g/mol. The zero-order valence-corrected chi connectivity index (χ0v) is 20.0.